The van der Waals surface area contributed by atoms with Gasteiger partial charge in [0, 0.05) is 0 Å². The van der Waals surface area contributed by atoms with Crippen LogP contribution in [0.25, 0.3) is 0 Å². The fourth-order valence-corrected chi connectivity index (χ4v) is 1.77. The van der Waals surface area contributed by atoms with Crippen molar-refractivity contribution in [2.45, 2.75) is 17.7 Å². The molecule has 1 aromatic rings. The Hall–Kier alpha value is -0.910. The molecule has 15 heavy (non-hydrogen) atoms. The van der Waals surface area contributed by atoms with Crippen LogP contribution in [0.1, 0.15) is 12.8 Å². The van der Waals surface area contributed by atoms with Crippen molar-refractivity contribution in [3.05, 3.63) is 30.3 Å². The largest absolute Gasteiger partial charge is 0.317 e. The molecular weight excluding hydrogens is 212 g/mol. The van der Waals surface area contributed by atoms with Crippen LogP contribution in [0.15, 0.2) is 35.2 Å². The summed E-state index contributed by atoms with van der Waals surface area (Å²) >= 11 is 0. The molecule has 84 valence electrons. The van der Waals surface area contributed by atoms with Gasteiger partial charge in [-0.1, -0.05) is 18.2 Å². The lowest BCUT2D eigenvalue weighted by Crippen LogP contribution is -2.11. The average Bonchev–Trinajstić information content (AvgIpc) is 2.76. The van der Waals surface area contributed by atoms with Crippen molar-refractivity contribution in [2.75, 3.05) is 13.1 Å². The third kappa shape index (κ3) is 4.92. The molecule has 0 atom stereocenters. The van der Waals surface area contributed by atoms with E-state index in [1.807, 2.05) is 0 Å². The SMILES string of the molecule is C1CCNC1.NS(=O)(=O)c1ccccc1. The molecule has 2 rings (SSSR count). The molecule has 0 saturated carbocycles. The molecule has 0 radical (unpaired) electrons. The molecule has 4 nitrogen and oxygen atoms in total. The number of rotatable bonds is 1. The lowest BCUT2D eigenvalue weighted by molar-refractivity contribution is 0.598. The highest BCUT2D eigenvalue weighted by Crippen LogP contribution is 2.03. The van der Waals surface area contributed by atoms with Crippen LogP contribution in [-0.2, 0) is 10.0 Å². The van der Waals surface area contributed by atoms with Gasteiger partial charge in [-0.3, -0.25) is 0 Å². The van der Waals surface area contributed by atoms with E-state index in [1.54, 1.807) is 18.2 Å². The Morgan fingerprint density at radius 2 is 1.60 bits per heavy atom. The van der Waals surface area contributed by atoms with Gasteiger partial charge in [-0.25, -0.2) is 13.6 Å². The molecule has 0 spiro atoms. The number of hydrogen-bond acceptors (Lipinski definition) is 3. The van der Waals surface area contributed by atoms with Crippen molar-refractivity contribution >= 4 is 10.0 Å². The van der Waals surface area contributed by atoms with Crippen molar-refractivity contribution in [1.29, 1.82) is 0 Å². The zero-order valence-electron chi connectivity index (χ0n) is 8.52. The Balaban J connectivity index is 0.000000187. The third-order valence-corrected chi connectivity index (χ3v) is 2.96. The summed E-state index contributed by atoms with van der Waals surface area (Å²) in [6, 6.07) is 7.89. The van der Waals surface area contributed by atoms with Crippen LogP contribution in [-0.4, -0.2) is 21.5 Å². The summed E-state index contributed by atoms with van der Waals surface area (Å²) in [6.07, 6.45) is 2.78. The zero-order valence-corrected chi connectivity index (χ0v) is 9.33. The second kappa shape index (κ2) is 5.85. The minimum absolute atomic E-state index is 0.148. The molecule has 1 aliphatic rings. The third-order valence-electron chi connectivity index (χ3n) is 2.03. The van der Waals surface area contributed by atoms with E-state index >= 15 is 0 Å². The van der Waals surface area contributed by atoms with Crippen LogP contribution >= 0.6 is 0 Å². The van der Waals surface area contributed by atoms with Gasteiger partial charge in [-0.05, 0) is 38.1 Å². The topological polar surface area (TPSA) is 72.2 Å². The summed E-state index contributed by atoms with van der Waals surface area (Å²) in [5, 5.41) is 8.05. The predicted octanol–water partition coefficient (Wildman–Crippen LogP) is 0.704. The quantitative estimate of drug-likeness (QED) is 0.743. The van der Waals surface area contributed by atoms with Gasteiger partial charge in [-0.2, -0.15) is 0 Å². The van der Waals surface area contributed by atoms with E-state index < -0.39 is 10.0 Å². The maximum atomic E-state index is 10.6. The van der Waals surface area contributed by atoms with Crippen molar-refractivity contribution < 1.29 is 8.42 Å². The van der Waals surface area contributed by atoms with Gasteiger partial charge < -0.3 is 5.32 Å². The molecule has 0 bridgehead atoms. The van der Waals surface area contributed by atoms with Crippen LogP contribution < -0.4 is 10.5 Å². The summed E-state index contributed by atoms with van der Waals surface area (Å²) in [5.74, 6) is 0. The van der Waals surface area contributed by atoms with Gasteiger partial charge >= 0.3 is 0 Å². The van der Waals surface area contributed by atoms with Gasteiger partial charge in [0.1, 0.15) is 0 Å². The van der Waals surface area contributed by atoms with Crippen molar-refractivity contribution in [1.82, 2.24) is 5.32 Å². The fourth-order valence-electron chi connectivity index (χ4n) is 1.24. The summed E-state index contributed by atoms with van der Waals surface area (Å²) in [5.41, 5.74) is 0. The van der Waals surface area contributed by atoms with Crippen LogP contribution in [0.4, 0.5) is 0 Å². The van der Waals surface area contributed by atoms with E-state index in [9.17, 15) is 8.42 Å². The molecule has 1 aliphatic heterocycles. The van der Waals surface area contributed by atoms with E-state index in [4.69, 9.17) is 5.14 Å². The summed E-state index contributed by atoms with van der Waals surface area (Å²) in [7, 11) is -3.50. The highest BCUT2D eigenvalue weighted by atomic mass is 32.2. The summed E-state index contributed by atoms with van der Waals surface area (Å²) in [4.78, 5) is 0.148. The van der Waals surface area contributed by atoms with E-state index in [0.29, 0.717) is 0 Å². The Morgan fingerprint density at radius 1 is 1.07 bits per heavy atom. The number of benzene rings is 1. The minimum Gasteiger partial charge on any atom is -0.317 e. The van der Waals surface area contributed by atoms with Crippen molar-refractivity contribution in [3.8, 4) is 0 Å². The van der Waals surface area contributed by atoms with E-state index in [1.165, 1.54) is 38.1 Å². The first-order valence-corrected chi connectivity index (χ1v) is 6.44. The highest BCUT2D eigenvalue weighted by Gasteiger charge is 2.03. The first kappa shape index (κ1) is 12.2. The van der Waals surface area contributed by atoms with E-state index in [0.717, 1.165) is 0 Å². The molecule has 0 aliphatic carbocycles. The maximum absolute atomic E-state index is 10.6. The normalized spacial score (nSPS) is 15.5. The lowest BCUT2D eigenvalue weighted by atomic mass is 10.4. The molecule has 0 amide bonds. The first-order chi connectivity index (χ1) is 7.11. The van der Waals surface area contributed by atoms with Crippen molar-refractivity contribution in [3.63, 3.8) is 0 Å². The van der Waals surface area contributed by atoms with Crippen molar-refractivity contribution in [2.24, 2.45) is 5.14 Å². The zero-order chi connectivity index (χ0) is 11.1. The Bertz CT molecular complexity index is 364. The van der Waals surface area contributed by atoms with Crippen LogP contribution in [0.3, 0.4) is 0 Å². The Kier molecular flexibility index (Phi) is 4.74. The summed E-state index contributed by atoms with van der Waals surface area (Å²) in [6.45, 7) is 2.50. The summed E-state index contributed by atoms with van der Waals surface area (Å²) < 4.78 is 21.2. The van der Waals surface area contributed by atoms with Gasteiger partial charge in [0.2, 0.25) is 10.0 Å². The number of nitrogens with two attached hydrogens (primary N) is 1. The molecule has 1 heterocycles. The Labute approximate surface area is 90.5 Å². The van der Waals surface area contributed by atoms with Gasteiger partial charge in [0.05, 0.1) is 4.90 Å². The predicted molar refractivity (Wildman–Crippen MR) is 59.9 cm³/mol. The molecule has 1 saturated heterocycles. The molecule has 3 N–H and O–H groups in total. The fraction of sp³-hybridized carbons (Fsp3) is 0.400. The standard InChI is InChI=1S/C6H7NO2S.C4H9N/c7-10(8,9)6-4-2-1-3-5-6;1-2-4-5-3-1/h1-5H,(H2,7,8,9);5H,1-4H2. The van der Waals surface area contributed by atoms with Crippen LogP contribution in [0, 0.1) is 0 Å². The minimum atomic E-state index is -3.50. The second-order valence-electron chi connectivity index (χ2n) is 3.32. The molecule has 1 fully saturated rings. The number of nitrogens with one attached hydrogen (secondary N) is 1. The van der Waals surface area contributed by atoms with Crippen LogP contribution in [0.2, 0.25) is 0 Å². The first-order valence-electron chi connectivity index (χ1n) is 4.89. The van der Waals surface area contributed by atoms with E-state index in [-0.39, 0.29) is 4.90 Å². The molecule has 0 aromatic heterocycles. The average molecular weight is 228 g/mol. The number of hydrogen-bond donors (Lipinski definition) is 2. The second-order valence-corrected chi connectivity index (χ2v) is 4.88. The lowest BCUT2D eigenvalue weighted by Gasteiger charge is -1.93. The van der Waals surface area contributed by atoms with Crippen LogP contribution in [0.5, 0.6) is 0 Å². The van der Waals surface area contributed by atoms with E-state index in [2.05, 4.69) is 5.32 Å². The van der Waals surface area contributed by atoms with Gasteiger partial charge in [-0.15, -0.1) is 0 Å². The number of sulfonamides is 1. The molecule has 0 unspecified atom stereocenters. The Morgan fingerprint density at radius 3 is 1.87 bits per heavy atom. The smallest absolute Gasteiger partial charge is 0.238 e. The molecular formula is C10H16N2O2S. The van der Waals surface area contributed by atoms with Gasteiger partial charge in [0.15, 0.2) is 0 Å². The highest BCUT2D eigenvalue weighted by molar-refractivity contribution is 7.89. The maximum Gasteiger partial charge on any atom is 0.238 e. The van der Waals surface area contributed by atoms with Gasteiger partial charge in [0.25, 0.3) is 0 Å². The molecule has 1 aromatic carbocycles. The number of primary sulfonamides is 1. The monoisotopic (exact) mass is 228 g/mol. The molecule has 5 heteroatoms.